The Hall–Kier alpha value is 0.200. The number of thioether (sulfide) groups is 1. The lowest BCUT2D eigenvalue weighted by molar-refractivity contribution is -0.0187. The van der Waals surface area contributed by atoms with E-state index in [-0.39, 0.29) is 5.72 Å². The van der Waals surface area contributed by atoms with Gasteiger partial charge in [0.25, 0.3) is 0 Å². The van der Waals surface area contributed by atoms with Crippen molar-refractivity contribution in [2.24, 2.45) is 0 Å². The largest absolute Gasteiger partial charge is 0.354 e. The molecule has 0 spiro atoms. The molecule has 1 rings (SSSR count). The molecule has 1 saturated heterocycles. The van der Waals surface area contributed by atoms with Crippen molar-refractivity contribution in [3.8, 4) is 0 Å². The van der Waals surface area contributed by atoms with Crippen LogP contribution in [0.25, 0.3) is 0 Å². The SMILES string of the molecule is CSC(=S)N1CCOC1(C)C. The first-order valence-corrected chi connectivity index (χ1v) is 5.21. The summed E-state index contributed by atoms with van der Waals surface area (Å²) in [5.74, 6) is 0. The molecule has 4 heteroatoms. The molecule has 0 aliphatic carbocycles. The molecule has 11 heavy (non-hydrogen) atoms. The van der Waals surface area contributed by atoms with Crippen molar-refractivity contribution in [2.75, 3.05) is 19.4 Å². The number of rotatable bonds is 0. The third kappa shape index (κ3) is 1.86. The highest BCUT2D eigenvalue weighted by atomic mass is 32.2. The molecule has 1 aliphatic heterocycles. The molecule has 0 radical (unpaired) electrons. The molecule has 0 unspecified atom stereocenters. The summed E-state index contributed by atoms with van der Waals surface area (Å²) in [6, 6.07) is 0. The number of hydrogen-bond acceptors (Lipinski definition) is 3. The maximum Gasteiger partial charge on any atom is 0.138 e. The average Bonchev–Trinajstić information content (AvgIpc) is 2.28. The summed E-state index contributed by atoms with van der Waals surface area (Å²) in [5, 5.41) is 0. The zero-order valence-electron chi connectivity index (χ0n) is 7.09. The van der Waals surface area contributed by atoms with E-state index in [9.17, 15) is 0 Å². The Morgan fingerprint density at radius 3 is 2.64 bits per heavy atom. The van der Waals surface area contributed by atoms with Gasteiger partial charge in [-0.2, -0.15) is 0 Å². The molecule has 1 heterocycles. The van der Waals surface area contributed by atoms with Gasteiger partial charge in [-0.05, 0) is 20.1 Å². The highest BCUT2D eigenvalue weighted by Gasteiger charge is 2.34. The highest BCUT2D eigenvalue weighted by molar-refractivity contribution is 8.22. The van der Waals surface area contributed by atoms with Crippen LogP contribution in [0.3, 0.4) is 0 Å². The molecule has 0 amide bonds. The molecular formula is C7H13NOS2. The Bertz CT molecular complexity index is 170. The minimum Gasteiger partial charge on any atom is -0.354 e. The lowest BCUT2D eigenvalue weighted by Gasteiger charge is -2.30. The fraction of sp³-hybridized carbons (Fsp3) is 0.857. The second-order valence-corrected chi connectivity index (χ2v) is 4.36. The van der Waals surface area contributed by atoms with E-state index in [4.69, 9.17) is 17.0 Å². The summed E-state index contributed by atoms with van der Waals surface area (Å²) >= 11 is 6.77. The first kappa shape index (κ1) is 9.29. The summed E-state index contributed by atoms with van der Waals surface area (Å²) in [5.41, 5.74) is -0.194. The molecule has 1 fully saturated rings. The van der Waals surface area contributed by atoms with Crippen LogP contribution in [0, 0.1) is 0 Å². The van der Waals surface area contributed by atoms with Crippen LogP contribution in [0.2, 0.25) is 0 Å². The monoisotopic (exact) mass is 191 g/mol. The summed E-state index contributed by atoms with van der Waals surface area (Å²) in [6.45, 7) is 5.80. The first-order chi connectivity index (χ1) is 5.08. The Labute approximate surface area is 77.3 Å². The van der Waals surface area contributed by atoms with Crippen molar-refractivity contribution in [3.63, 3.8) is 0 Å². The topological polar surface area (TPSA) is 12.5 Å². The van der Waals surface area contributed by atoms with Crippen molar-refractivity contribution >= 4 is 28.3 Å². The van der Waals surface area contributed by atoms with Gasteiger partial charge >= 0.3 is 0 Å². The third-order valence-electron chi connectivity index (χ3n) is 1.82. The average molecular weight is 191 g/mol. The zero-order valence-corrected chi connectivity index (χ0v) is 8.72. The van der Waals surface area contributed by atoms with Gasteiger partial charge in [0.2, 0.25) is 0 Å². The van der Waals surface area contributed by atoms with Gasteiger partial charge in [-0.3, -0.25) is 0 Å². The number of hydrogen-bond donors (Lipinski definition) is 0. The van der Waals surface area contributed by atoms with Crippen molar-refractivity contribution in [3.05, 3.63) is 0 Å². The van der Waals surface area contributed by atoms with E-state index < -0.39 is 0 Å². The van der Waals surface area contributed by atoms with Crippen LogP contribution < -0.4 is 0 Å². The van der Waals surface area contributed by atoms with Gasteiger partial charge in [-0.15, -0.1) is 11.8 Å². The zero-order chi connectivity index (χ0) is 8.48. The fourth-order valence-electron chi connectivity index (χ4n) is 1.16. The maximum atomic E-state index is 5.50. The molecule has 2 nitrogen and oxygen atoms in total. The Balaban J connectivity index is 2.64. The fourth-order valence-corrected chi connectivity index (χ4v) is 2.00. The molecule has 0 aromatic heterocycles. The minimum absolute atomic E-state index is 0.194. The second kappa shape index (κ2) is 3.29. The van der Waals surface area contributed by atoms with Crippen molar-refractivity contribution in [1.82, 2.24) is 4.90 Å². The van der Waals surface area contributed by atoms with Gasteiger partial charge in [0.15, 0.2) is 0 Å². The maximum absolute atomic E-state index is 5.50. The van der Waals surface area contributed by atoms with Crippen molar-refractivity contribution in [2.45, 2.75) is 19.6 Å². The van der Waals surface area contributed by atoms with E-state index in [1.165, 1.54) is 0 Å². The molecule has 1 aliphatic rings. The van der Waals surface area contributed by atoms with Gasteiger partial charge in [0.05, 0.1) is 6.61 Å². The smallest absolute Gasteiger partial charge is 0.138 e. The normalized spacial score (nSPS) is 22.3. The van der Waals surface area contributed by atoms with Crippen molar-refractivity contribution < 1.29 is 4.74 Å². The number of ether oxygens (including phenoxy) is 1. The summed E-state index contributed by atoms with van der Waals surface area (Å²) in [6.07, 6.45) is 2.00. The molecule has 0 N–H and O–H groups in total. The van der Waals surface area contributed by atoms with Crippen LogP contribution >= 0.6 is 24.0 Å². The predicted octanol–water partition coefficient (Wildman–Crippen LogP) is 1.70. The first-order valence-electron chi connectivity index (χ1n) is 3.57. The van der Waals surface area contributed by atoms with E-state index in [2.05, 4.69) is 4.90 Å². The van der Waals surface area contributed by atoms with Crippen LogP contribution in [0.4, 0.5) is 0 Å². The van der Waals surface area contributed by atoms with Gasteiger partial charge in [0, 0.05) is 6.54 Å². The Kier molecular flexibility index (Phi) is 2.78. The van der Waals surface area contributed by atoms with Crippen LogP contribution in [-0.2, 0) is 4.74 Å². The molecule has 0 atom stereocenters. The van der Waals surface area contributed by atoms with E-state index in [0.29, 0.717) is 0 Å². The molecule has 0 aromatic rings. The third-order valence-corrected chi connectivity index (χ3v) is 3.11. The van der Waals surface area contributed by atoms with Crippen LogP contribution in [-0.4, -0.2) is 34.4 Å². The van der Waals surface area contributed by atoms with Gasteiger partial charge in [0.1, 0.15) is 10.0 Å². The van der Waals surface area contributed by atoms with Crippen LogP contribution in [0.5, 0.6) is 0 Å². The van der Waals surface area contributed by atoms with E-state index in [0.717, 1.165) is 17.5 Å². The lowest BCUT2D eigenvalue weighted by Crippen LogP contribution is -2.41. The molecule has 0 aromatic carbocycles. The van der Waals surface area contributed by atoms with Crippen LogP contribution in [0.1, 0.15) is 13.8 Å². The molecule has 0 bridgehead atoms. The Morgan fingerprint density at radius 2 is 2.27 bits per heavy atom. The van der Waals surface area contributed by atoms with Gasteiger partial charge in [-0.25, -0.2) is 0 Å². The minimum atomic E-state index is -0.194. The molecule has 64 valence electrons. The van der Waals surface area contributed by atoms with E-state index in [1.807, 2.05) is 20.1 Å². The number of thiocarbonyl (C=S) groups is 1. The highest BCUT2D eigenvalue weighted by Crippen LogP contribution is 2.25. The van der Waals surface area contributed by atoms with E-state index >= 15 is 0 Å². The summed E-state index contributed by atoms with van der Waals surface area (Å²) in [7, 11) is 0. The van der Waals surface area contributed by atoms with Crippen molar-refractivity contribution in [1.29, 1.82) is 0 Å². The van der Waals surface area contributed by atoms with Crippen LogP contribution in [0.15, 0.2) is 0 Å². The summed E-state index contributed by atoms with van der Waals surface area (Å²) < 4.78 is 6.42. The second-order valence-electron chi connectivity index (χ2n) is 2.92. The number of nitrogens with zero attached hydrogens (tertiary/aromatic N) is 1. The quantitative estimate of drug-likeness (QED) is 0.540. The Morgan fingerprint density at radius 1 is 1.64 bits per heavy atom. The standard InChI is InChI=1S/C7H13NOS2/c1-7(2)8(4-5-9-7)6(10)11-3/h4-5H2,1-3H3. The molecular weight excluding hydrogens is 178 g/mol. The lowest BCUT2D eigenvalue weighted by atomic mass is 10.3. The van der Waals surface area contributed by atoms with Gasteiger partial charge in [-0.1, -0.05) is 12.2 Å². The van der Waals surface area contributed by atoms with Gasteiger partial charge < -0.3 is 9.64 Å². The summed E-state index contributed by atoms with van der Waals surface area (Å²) in [4.78, 5) is 2.12. The predicted molar refractivity (Wildman–Crippen MR) is 52.9 cm³/mol. The van der Waals surface area contributed by atoms with E-state index in [1.54, 1.807) is 11.8 Å². The molecule has 0 saturated carbocycles.